The Morgan fingerprint density at radius 2 is 2.00 bits per heavy atom. The third kappa shape index (κ3) is 2.43. The lowest BCUT2D eigenvalue weighted by molar-refractivity contribution is 1.19. The standard InChI is InChI=1S/C13H9ClN4S/c14-11-4-3-8(6-16-11)9-7-17-13(15)18-12(9)10-2-1-5-19-10/h1-7H,(H2,15,17,18). The minimum absolute atomic E-state index is 0.258. The monoisotopic (exact) mass is 288 g/mol. The van der Waals surface area contributed by atoms with Gasteiger partial charge in [-0.05, 0) is 23.6 Å². The van der Waals surface area contributed by atoms with E-state index in [1.54, 1.807) is 29.8 Å². The Hall–Kier alpha value is -1.98. The van der Waals surface area contributed by atoms with Gasteiger partial charge in [-0.3, -0.25) is 0 Å². The number of hydrogen-bond donors (Lipinski definition) is 1. The maximum Gasteiger partial charge on any atom is 0.220 e. The van der Waals surface area contributed by atoms with Crippen LogP contribution in [0.2, 0.25) is 5.15 Å². The van der Waals surface area contributed by atoms with Crippen LogP contribution in [0, 0.1) is 0 Å². The molecule has 3 aromatic heterocycles. The predicted molar refractivity (Wildman–Crippen MR) is 78.0 cm³/mol. The number of nitrogens with zero attached hydrogens (tertiary/aromatic N) is 3. The maximum atomic E-state index is 5.80. The Kier molecular flexibility index (Phi) is 3.15. The van der Waals surface area contributed by atoms with Crippen molar-refractivity contribution in [3.8, 4) is 21.7 Å². The molecule has 0 unspecified atom stereocenters. The van der Waals surface area contributed by atoms with Crippen molar-refractivity contribution >= 4 is 28.9 Å². The van der Waals surface area contributed by atoms with Gasteiger partial charge in [0.05, 0.1) is 10.6 Å². The van der Waals surface area contributed by atoms with Crippen LogP contribution in [0.4, 0.5) is 5.95 Å². The Bertz CT molecular complexity index is 695. The Morgan fingerprint density at radius 3 is 2.68 bits per heavy atom. The smallest absolute Gasteiger partial charge is 0.220 e. The average Bonchev–Trinajstić information content (AvgIpc) is 2.94. The first-order chi connectivity index (χ1) is 9.24. The minimum Gasteiger partial charge on any atom is -0.368 e. The van der Waals surface area contributed by atoms with Crippen molar-refractivity contribution < 1.29 is 0 Å². The van der Waals surface area contributed by atoms with Gasteiger partial charge in [0.15, 0.2) is 0 Å². The number of halogens is 1. The molecule has 0 aromatic carbocycles. The van der Waals surface area contributed by atoms with E-state index in [2.05, 4.69) is 15.0 Å². The molecule has 0 radical (unpaired) electrons. The number of hydrogen-bond acceptors (Lipinski definition) is 5. The van der Waals surface area contributed by atoms with Crippen LogP contribution in [-0.2, 0) is 0 Å². The molecule has 19 heavy (non-hydrogen) atoms. The molecule has 0 spiro atoms. The van der Waals surface area contributed by atoms with Crippen LogP contribution in [0.3, 0.4) is 0 Å². The molecular weight excluding hydrogens is 280 g/mol. The quantitative estimate of drug-likeness (QED) is 0.733. The highest BCUT2D eigenvalue weighted by atomic mass is 35.5. The van der Waals surface area contributed by atoms with E-state index in [1.165, 1.54) is 0 Å². The van der Waals surface area contributed by atoms with E-state index in [0.29, 0.717) is 5.15 Å². The second kappa shape index (κ2) is 4.95. The van der Waals surface area contributed by atoms with Crippen LogP contribution < -0.4 is 5.73 Å². The molecule has 0 saturated heterocycles. The molecule has 3 heterocycles. The van der Waals surface area contributed by atoms with Gasteiger partial charge < -0.3 is 5.73 Å². The lowest BCUT2D eigenvalue weighted by Gasteiger charge is -2.07. The summed E-state index contributed by atoms with van der Waals surface area (Å²) in [6.07, 6.45) is 3.41. The summed E-state index contributed by atoms with van der Waals surface area (Å²) in [7, 11) is 0. The van der Waals surface area contributed by atoms with Crippen LogP contribution in [0.15, 0.2) is 42.0 Å². The summed E-state index contributed by atoms with van der Waals surface area (Å²) in [6, 6.07) is 7.61. The third-order valence-electron chi connectivity index (χ3n) is 2.60. The number of aromatic nitrogens is 3. The van der Waals surface area contributed by atoms with Crippen LogP contribution in [0.1, 0.15) is 0 Å². The number of nitrogens with two attached hydrogens (primary N) is 1. The summed E-state index contributed by atoms with van der Waals surface area (Å²) in [6.45, 7) is 0. The van der Waals surface area contributed by atoms with Gasteiger partial charge in [0, 0.05) is 23.5 Å². The van der Waals surface area contributed by atoms with Crippen molar-refractivity contribution in [3.05, 3.63) is 47.2 Å². The summed E-state index contributed by atoms with van der Waals surface area (Å²) in [5.41, 5.74) is 8.29. The van der Waals surface area contributed by atoms with Crippen molar-refractivity contribution in [3.63, 3.8) is 0 Å². The van der Waals surface area contributed by atoms with E-state index in [4.69, 9.17) is 17.3 Å². The first-order valence-electron chi connectivity index (χ1n) is 5.52. The molecule has 3 rings (SSSR count). The molecular formula is C13H9ClN4S. The van der Waals surface area contributed by atoms with E-state index in [9.17, 15) is 0 Å². The lowest BCUT2D eigenvalue weighted by Crippen LogP contribution is -1.98. The molecule has 0 saturated carbocycles. The SMILES string of the molecule is Nc1ncc(-c2ccc(Cl)nc2)c(-c2cccs2)n1. The summed E-state index contributed by atoms with van der Waals surface area (Å²) in [5.74, 6) is 0.258. The second-order valence-electron chi connectivity index (χ2n) is 3.84. The van der Waals surface area contributed by atoms with E-state index >= 15 is 0 Å². The van der Waals surface area contributed by atoms with E-state index in [-0.39, 0.29) is 5.95 Å². The lowest BCUT2D eigenvalue weighted by atomic mass is 10.1. The van der Waals surface area contributed by atoms with Gasteiger partial charge in [-0.1, -0.05) is 17.7 Å². The summed E-state index contributed by atoms with van der Waals surface area (Å²) in [4.78, 5) is 13.5. The van der Waals surface area contributed by atoms with Gasteiger partial charge in [-0.15, -0.1) is 11.3 Å². The van der Waals surface area contributed by atoms with E-state index < -0.39 is 0 Å². The molecule has 0 amide bonds. The first kappa shape index (κ1) is 12.1. The van der Waals surface area contributed by atoms with Crippen molar-refractivity contribution in [2.24, 2.45) is 0 Å². The Labute approximate surface area is 118 Å². The Balaban J connectivity index is 2.18. The number of pyridine rings is 1. The number of anilines is 1. The third-order valence-corrected chi connectivity index (χ3v) is 3.70. The van der Waals surface area contributed by atoms with Gasteiger partial charge in [-0.2, -0.15) is 0 Å². The summed E-state index contributed by atoms with van der Waals surface area (Å²) in [5, 5.41) is 2.45. The first-order valence-corrected chi connectivity index (χ1v) is 6.78. The molecule has 0 bridgehead atoms. The van der Waals surface area contributed by atoms with Gasteiger partial charge >= 0.3 is 0 Å². The van der Waals surface area contributed by atoms with Crippen molar-refractivity contribution in [1.29, 1.82) is 0 Å². The minimum atomic E-state index is 0.258. The molecule has 6 heteroatoms. The normalized spacial score (nSPS) is 10.6. The molecule has 2 N–H and O–H groups in total. The highest BCUT2D eigenvalue weighted by Crippen LogP contribution is 2.32. The average molecular weight is 289 g/mol. The van der Waals surface area contributed by atoms with Gasteiger partial charge in [-0.25, -0.2) is 15.0 Å². The van der Waals surface area contributed by atoms with Crippen molar-refractivity contribution in [2.75, 3.05) is 5.73 Å². The zero-order valence-electron chi connectivity index (χ0n) is 9.75. The fraction of sp³-hybridized carbons (Fsp3) is 0. The fourth-order valence-corrected chi connectivity index (χ4v) is 2.58. The molecule has 3 aromatic rings. The molecule has 0 fully saturated rings. The van der Waals surface area contributed by atoms with Gasteiger partial charge in [0.25, 0.3) is 0 Å². The van der Waals surface area contributed by atoms with Crippen molar-refractivity contribution in [1.82, 2.24) is 15.0 Å². The molecule has 94 valence electrons. The second-order valence-corrected chi connectivity index (χ2v) is 5.17. The highest BCUT2D eigenvalue weighted by molar-refractivity contribution is 7.13. The topological polar surface area (TPSA) is 64.7 Å². The number of nitrogen functional groups attached to an aromatic ring is 1. The molecule has 0 aliphatic rings. The maximum absolute atomic E-state index is 5.80. The summed E-state index contributed by atoms with van der Waals surface area (Å²) >= 11 is 7.41. The fourth-order valence-electron chi connectivity index (χ4n) is 1.74. The van der Waals surface area contributed by atoms with Gasteiger partial charge in [0.1, 0.15) is 5.15 Å². The number of rotatable bonds is 2. The molecule has 0 atom stereocenters. The predicted octanol–water partition coefficient (Wildman–Crippen LogP) is 3.50. The Morgan fingerprint density at radius 1 is 1.11 bits per heavy atom. The van der Waals surface area contributed by atoms with Crippen LogP contribution in [-0.4, -0.2) is 15.0 Å². The van der Waals surface area contributed by atoms with Crippen LogP contribution >= 0.6 is 22.9 Å². The van der Waals surface area contributed by atoms with Gasteiger partial charge in [0.2, 0.25) is 5.95 Å². The van der Waals surface area contributed by atoms with Crippen LogP contribution in [0.5, 0.6) is 0 Å². The highest BCUT2D eigenvalue weighted by Gasteiger charge is 2.11. The molecule has 4 nitrogen and oxygen atoms in total. The molecule has 0 aliphatic heterocycles. The molecule has 0 aliphatic carbocycles. The number of thiophene rings is 1. The van der Waals surface area contributed by atoms with E-state index in [1.807, 2.05) is 23.6 Å². The van der Waals surface area contributed by atoms with Crippen molar-refractivity contribution in [2.45, 2.75) is 0 Å². The largest absolute Gasteiger partial charge is 0.368 e. The van der Waals surface area contributed by atoms with Crippen LogP contribution in [0.25, 0.3) is 21.7 Å². The zero-order chi connectivity index (χ0) is 13.2. The van der Waals surface area contributed by atoms with E-state index in [0.717, 1.165) is 21.7 Å². The summed E-state index contributed by atoms with van der Waals surface area (Å²) < 4.78 is 0. The zero-order valence-corrected chi connectivity index (χ0v) is 11.3.